The first-order valence-corrected chi connectivity index (χ1v) is 11.8. The van der Waals surface area contributed by atoms with Gasteiger partial charge in [0.1, 0.15) is 6.61 Å². The topological polar surface area (TPSA) is 113 Å². The Morgan fingerprint density at radius 2 is 1.94 bits per heavy atom. The van der Waals surface area contributed by atoms with E-state index >= 15 is 0 Å². The molecule has 2 aliphatic rings. The zero-order valence-corrected chi connectivity index (χ0v) is 18.8. The van der Waals surface area contributed by atoms with Crippen LogP contribution in [0.1, 0.15) is 44.1 Å². The SMILES string of the molecule is O=C(Nc1cnccn1)C(COC(=O)C(O)(c1ccccc1)C1CCCC1)[C@H]1CCCNC1. The molecule has 8 heteroatoms. The van der Waals surface area contributed by atoms with Crippen LogP contribution in [0.25, 0.3) is 0 Å². The van der Waals surface area contributed by atoms with Crippen LogP contribution in [0.2, 0.25) is 0 Å². The van der Waals surface area contributed by atoms with Gasteiger partial charge in [-0.1, -0.05) is 43.2 Å². The molecule has 1 amide bonds. The number of esters is 1. The van der Waals surface area contributed by atoms with Gasteiger partial charge in [-0.2, -0.15) is 0 Å². The van der Waals surface area contributed by atoms with E-state index in [9.17, 15) is 14.7 Å². The summed E-state index contributed by atoms with van der Waals surface area (Å²) in [5.74, 6) is -1.33. The van der Waals surface area contributed by atoms with E-state index in [2.05, 4.69) is 20.6 Å². The minimum Gasteiger partial charge on any atom is -0.462 e. The molecule has 0 bridgehead atoms. The van der Waals surface area contributed by atoms with Crippen molar-refractivity contribution in [3.8, 4) is 0 Å². The van der Waals surface area contributed by atoms with Crippen molar-refractivity contribution >= 4 is 17.7 Å². The number of amides is 1. The number of aromatic nitrogens is 2. The van der Waals surface area contributed by atoms with Gasteiger partial charge in [0.05, 0.1) is 12.1 Å². The van der Waals surface area contributed by atoms with Crippen LogP contribution in [-0.4, -0.2) is 46.6 Å². The Bertz CT molecular complexity index is 915. The molecule has 1 aromatic heterocycles. The number of piperidine rings is 1. The summed E-state index contributed by atoms with van der Waals surface area (Å²) in [4.78, 5) is 34.6. The standard InChI is InChI=1S/C25H32N4O4/c30-23(29-22-16-27-13-14-28-22)21(18-7-6-12-26-15-18)17-33-24(31)25(32,20-10-4-5-11-20)19-8-2-1-3-9-19/h1-3,8-9,13-14,16,18,20-21,26,32H,4-7,10-12,15,17H2,(H,28,29,30)/t18-,21?,25?/m0/s1. The maximum atomic E-state index is 13.4. The van der Waals surface area contributed by atoms with Gasteiger partial charge in [0, 0.05) is 18.3 Å². The van der Waals surface area contributed by atoms with E-state index in [1.807, 2.05) is 18.2 Å². The molecule has 8 nitrogen and oxygen atoms in total. The first-order valence-electron chi connectivity index (χ1n) is 11.8. The lowest BCUT2D eigenvalue weighted by Gasteiger charge is -2.34. The smallest absolute Gasteiger partial charge is 0.343 e. The molecule has 2 fully saturated rings. The van der Waals surface area contributed by atoms with Crippen molar-refractivity contribution in [2.75, 3.05) is 25.0 Å². The van der Waals surface area contributed by atoms with Crippen molar-refractivity contribution in [1.82, 2.24) is 15.3 Å². The summed E-state index contributed by atoms with van der Waals surface area (Å²) in [7, 11) is 0. The third-order valence-corrected chi connectivity index (χ3v) is 6.92. The molecule has 3 atom stereocenters. The van der Waals surface area contributed by atoms with Crippen molar-refractivity contribution in [3.05, 3.63) is 54.5 Å². The molecule has 4 rings (SSSR count). The molecule has 0 spiro atoms. The average Bonchev–Trinajstić information content (AvgIpc) is 3.41. The number of anilines is 1. The fourth-order valence-electron chi connectivity index (χ4n) is 5.06. The van der Waals surface area contributed by atoms with Crippen LogP contribution in [0.5, 0.6) is 0 Å². The fourth-order valence-corrected chi connectivity index (χ4v) is 5.06. The highest BCUT2D eigenvalue weighted by Gasteiger charge is 2.48. The Morgan fingerprint density at radius 3 is 2.61 bits per heavy atom. The summed E-state index contributed by atoms with van der Waals surface area (Å²) in [5, 5.41) is 17.8. The predicted octanol–water partition coefficient (Wildman–Crippen LogP) is 2.65. The van der Waals surface area contributed by atoms with E-state index in [0.717, 1.165) is 45.1 Å². The van der Waals surface area contributed by atoms with E-state index < -0.39 is 17.5 Å². The number of carbonyl (C=O) groups is 2. The molecule has 3 N–H and O–H groups in total. The highest BCUT2D eigenvalue weighted by molar-refractivity contribution is 5.92. The Balaban J connectivity index is 1.51. The maximum Gasteiger partial charge on any atom is 0.343 e. The average molecular weight is 453 g/mol. The van der Waals surface area contributed by atoms with E-state index in [0.29, 0.717) is 17.9 Å². The second-order valence-electron chi connectivity index (χ2n) is 9.01. The highest BCUT2D eigenvalue weighted by Crippen LogP contribution is 2.41. The number of hydrogen-bond acceptors (Lipinski definition) is 7. The van der Waals surface area contributed by atoms with Crippen molar-refractivity contribution in [3.63, 3.8) is 0 Å². The second kappa shape index (κ2) is 10.9. The Kier molecular flexibility index (Phi) is 7.67. The normalized spacial score (nSPS) is 21.7. The molecule has 2 aromatic rings. The lowest BCUT2D eigenvalue weighted by Crippen LogP contribution is -2.46. The Morgan fingerprint density at radius 1 is 1.15 bits per heavy atom. The largest absolute Gasteiger partial charge is 0.462 e. The number of nitrogens with zero attached hydrogens (tertiary/aromatic N) is 2. The van der Waals surface area contributed by atoms with Gasteiger partial charge in [0.15, 0.2) is 11.4 Å². The molecule has 0 radical (unpaired) electrons. The molecular weight excluding hydrogens is 420 g/mol. The molecule has 1 saturated heterocycles. The van der Waals surface area contributed by atoms with Crippen molar-refractivity contribution in [1.29, 1.82) is 0 Å². The molecule has 1 saturated carbocycles. The molecule has 2 heterocycles. The van der Waals surface area contributed by atoms with E-state index in [1.165, 1.54) is 18.6 Å². The van der Waals surface area contributed by atoms with Crippen LogP contribution in [0.15, 0.2) is 48.9 Å². The molecule has 1 aliphatic carbocycles. The van der Waals surface area contributed by atoms with Crippen molar-refractivity contribution < 1.29 is 19.4 Å². The van der Waals surface area contributed by atoms with Crippen molar-refractivity contribution in [2.24, 2.45) is 17.8 Å². The first-order chi connectivity index (χ1) is 16.1. The molecule has 2 unspecified atom stereocenters. The van der Waals surface area contributed by atoms with Crippen LogP contribution in [0, 0.1) is 17.8 Å². The number of aliphatic hydroxyl groups is 1. The molecular formula is C25H32N4O4. The monoisotopic (exact) mass is 452 g/mol. The molecule has 176 valence electrons. The minimum atomic E-state index is -1.71. The fraction of sp³-hybridized carbons (Fsp3) is 0.520. The number of carbonyl (C=O) groups excluding carboxylic acids is 2. The zero-order chi connectivity index (χ0) is 23.1. The summed E-state index contributed by atoms with van der Waals surface area (Å²) in [6, 6.07) is 9.01. The minimum absolute atomic E-state index is 0.0134. The quantitative estimate of drug-likeness (QED) is 0.528. The van der Waals surface area contributed by atoms with Gasteiger partial charge in [-0.25, -0.2) is 9.78 Å². The third kappa shape index (κ3) is 5.39. The number of ether oxygens (including phenoxy) is 1. The van der Waals surface area contributed by atoms with Crippen LogP contribution in [-0.2, 0) is 19.9 Å². The zero-order valence-electron chi connectivity index (χ0n) is 18.8. The summed E-state index contributed by atoms with van der Waals surface area (Å²) in [6.07, 6.45) is 9.82. The first kappa shape index (κ1) is 23.3. The number of benzene rings is 1. The van der Waals surface area contributed by atoms with Crippen LogP contribution in [0.4, 0.5) is 5.82 Å². The lowest BCUT2D eigenvalue weighted by molar-refractivity contribution is -0.176. The number of rotatable bonds is 8. The van der Waals surface area contributed by atoms with Gasteiger partial charge in [-0.15, -0.1) is 0 Å². The summed E-state index contributed by atoms with van der Waals surface area (Å²) >= 11 is 0. The third-order valence-electron chi connectivity index (χ3n) is 6.92. The highest BCUT2D eigenvalue weighted by atomic mass is 16.6. The number of hydrogen-bond donors (Lipinski definition) is 3. The van der Waals surface area contributed by atoms with Gasteiger partial charge in [0.2, 0.25) is 5.91 Å². The van der Waals surface area contributed by atoms with E-state index in [-0.39, 0.29) is 24.3 Å². The summed E-state index contributed by atoms with van der Waals surface area (Å²) < 4.78 is 5.73. The van der Waals surface area contributed by atoms with E-state index in [1.54, 1.807) is 12.1 Å². The lowest BCUT2D eigenvalue weighted by atomic mass is 9.80. The van der Waals surface area contributed by atoms with Gasteiger partial charge in [-0.05, 0) is 50.3 Å². The maximum absolute atomic E-state index is 13.4. The molecule has 1 aromatic carbocycles. The van der Waals surface area contributed by atoms with Gasteiger partial charge >= 0.3 is 5.97 Å². The molecule has 1 aliphatic heterocycles. The molecule has 33 heavy (non-hydrogen) atoms. The predicted molar refractivity (Wildman–Crippen MR) is 123 cm³/mol. The van der Waals surface area contributed by atoms with Crippen molar-refractivity contribution in [2.45, 2.75) is 44.1 Å². The van der Waals surface area contributed by atoms with Crippen LogP contribution in [0.3, 0.4) is 0 Å². The summed E-state index contributed by atoms with van der Waals surface area (Å²) in [6.45, 7) is 1.48. The van der Waals surface area contributed by atoms with Crippen LogP contribution >= 0.6 is 0 Å². The van der Waals surface area contributed by atoms with Gasteiger partial charge < -0.3 is 20.5 Å². The van der Waals surface area contributed by atoms with Gasteiger partial charge in [0.25, 0.3) is 0 Å². The number of nitrogens with one attached hydrogen (secondary N) is 2. The Labute approximate surface area is 194 Å². The van der Waals surface area contributed by atoms with Crippen LogP contribution < -0.4 is 10.6 Å². The second-order valence-corrected chi connectivity index (χ2v) is 9.01. The van der Waals surface area contributed by atoms with Gasteiger partial charge in [-0.3, -0.25) is 9.78 Å². The van der Waals surface area contributed by atoms with E-state index in [4.69, 9.17) is 4.74 Å². The Hall–Kier alpha value is -2.84. The summed E-state index contributed by atoms with van der Waals surface area (Å²) in [5.41, 5.74) is -1.17.